The molecule has 29 heavy (non-hydrogen) atoms. The van der Waals surface area contributed by atoms with Gasteiger partial charge in [0.05, 0.1) is 18.0 Å². The fourth-order valence-electron chi connectivity index (χ4n) is 4.21. The van der Waals surface area contributed by atoms with Crippen LogP contribution in [0.5, 0.6) is 0 Å². The average Bonchev–Trinajstić information content (AvgIpc) is 3.14. The van der Waals surface area contributed by atoms with Crippen LogP contribution in [0.4, 0.5) is 0 Å². The van der Waals surface area contributed by atoms with Gasteiger partial charge in [-0.25, -0.2) is 4.98 Å². The van der Waals surface area contributed by atoms with Gasteiger partial charge in [-0.1, -0.05) is 60.7 Å². The fraction of sp³-hybridized carbons (Fsp3) is 0.250. The van der Waals surface area contributed by atoms with Gasteiger partial charge in [0.2, 0.25) is 0 Å². The van der Waals surface area contributed by atoms with Crippen molar-refractivity contribution >= 4 is 21.6 Å². The Morgan fingerprint density at radius 1 is 0.966 bits per heavy atom. The number of nitrogens with zero attached hydrogens (tertiary/aromatic N) is 1. The van der Waals surface area contributed by atoms with Crippen molar-refractivity contribution < 1.29 is 0 Å². The molecule has 146 valence electrons. The van der Waals surface area contributed by atoms with Crippen LogP contribution in [0.2, 0.25) is 0 Å². The first-order valence-electron chi connectivity index (χ1n) is 10.2. The summed E-state index contributed by atoms with van der Waals surface area (Å²) >= 11 is 1.70. The van der Waals surface area contributed by atoms with E-state index in [1.807, 2.05) is 12.1 Å². The van der Waals surface area contributed by atoms with Gasteiger partial charge < -0.3 is 4.98 Å². The number of aromatic nitrogens is 2. The molecule has 0 radical (unpaired) electrons. The van der Waals surface area contributed by atoms with Crippen molar-refractivity contribution in [1.29, 1.82) is 0 Å². The summed E-state index contributed by atoms with van der Waals surface area (Å²) < 4.78 is 0. The topological polar surface area (TPSA) is 57.8 Å². The number of H-pyrrole nitrogens is 1. The van der Waals surface area contributed by atoms with Crippen molar-refractivity contribution in [3.05, 3.63) is 98.4 Å². The van der Waals surface area contributed by atoms with Crippen LogP contribution in [0.25, 0.3) is 10.2 Å². The highest BCUT2D eigenvalue weighted by molar-refractivity contribution is 7.18. The fourth-order valence-corrected chi connectivity index (χ4v) is 5.49. The molecule has 0 aliphatic heterocycles. The molecule has 5 heteroatoms. The Hall–Kier alpha value is -2.76. The van der Waals surface area contributed by atoms with Gasteiger partial charge in [0.15, 0.2) is 0 Å². The first-order valence-corrected chi connectivity index (χ1v) is 11.0. The van der Waals surface area contributed by atoms with Crippen LogP contribution in [0.3, 0.4) is 0 Å². The van der Waals surface area contributed by atoms with Crippen molar-refractivity contribution in [1.82, 2.24) is 15.3 Å². The van der Waals surface area contributed by atoms with Gasteiger partial charge in [-0.2, -0.15) is 0 Å². The number of aromatic amines is 1. The molecule has 0 fully saturated rings. The monoisotopic (exact) mass is 401 g/mol. The predicted molar refractivity (Wildman–Crippen MR) is 118 cm³/mol. The summed E-state index contributed by atoms with van der Waals surface area (Å²) in [6.07, 6.45) is 4.45. The molecule has 0 spiro atoms. The van der Waals surface area contributed by atoms with Gasteiger partial charge in [-0.15, -0.1) is 11.3 Å². The van der Waals surface area contributed by atoms with E-state index in [0.717, 1.165) is 29.5 Å². The third-order valence-electron chi connectivity index (χ3n) is 5.61. The summed E-state index contributed by atoms with van der Waals surface area (Å²) in [5.41, 5.74) is 3.61. The minimum atomic E-state index is 0.00201. The molecular formula is C24H23N3OS. The van der Waals surface area contributed by atoms with Gasteiger partial charge >= 0.3 is 0 Å². The number of rotatable bonds is 5. The van der Waals surface area contributed by atoms with Crippen molar-refractivity contribution in [3.63, 3.8) is 0 Å². The van der Waals surface area contributed by atoms with Crippen LogP contribution in [0, 0.1) is 0 Å². The van der Waals surface area contributed by atoms with E-state index in [1.165, 1.54) is 28.0 Å². The summed E-state index contributed by atoms with van der Waals surface area (Å²) in [5, 5.41) is 4.41. The smallest absolute Gasteiger partial charge is 0.259 e. The summed E-state index contributed by atoms with van der Waals surface area (Å²) in [6.45, 7) is 0.502. The van der Waals surface area contributed by atoms with E-state index in [2.05, 4.69) is 58.8 Å². The molecule has 0 unspecified atom stereocenters. The molecule has 0 amide bonds. The first kappa shape index (κ1) is 18.3. The second-order valence-electron chi connectivity index (χ2n) is 7.54. The molecule has 0 bridgehead atoms. The van der Waals surface area contributed by atoms with Crippen molar-refractivity contribution in [2.24, 2.45) is 0 Å². The quantitative estimate of drug-likeness (QED) is 0.508. The van der Waals surface area contributed by atoms with E-state index >= 15 is 0 Å². The second kappa shape index (κ2) is 7.93. The zero-order chi connectivity index (χ0) is 19.6. The molecule has 0 saturated carbocycles. The van der Waals surface area contributed by atoms with E-state index in [4.69, 9.17) is 4.98 Å². The molecule has 5 rings (SSSR count). The highest BCUT2D eigenvalue weighted by atomic mass is 32.1. The maximum atomic E-state index is 12.8. The summed E-state index contributed by atoms with van der Waals surface area (Å²) in [5.74, 6) is 0.693. The van der Waals surface area contributed by atoms with E-state index in [1.54, 1.807) is 11.3 Å². The maximum absolute atomic E-state index is 12.8. The van der Waals surface area contributed by atoms with Crippen LogP contribution < -0.4 is 10.9 Å². The molecule has 1 aliphatic rings. The van der Waals surface area contributed by atoms with Gasteiger partial charge in [-0.05, 0) is 42.4 Å². The lowest BCUT2D eigenvalue weighted by Gasteiger charge is -2.19. The van der Waals surface area contributed by atoms with E-state index in [9.17, 15) is 4.79 Å². The second-order valence-corrected chi connectivity index (χ2v) is 8.62. The Morgan fingerprint density at radius 3 is 2.31 bits per heavy atom. The highest BCUT2D eigenvalue weighted by Gasteiger charge is 2.20. The summed E-state index contributed by atoms with van der Waals surface area (Å²) in [7, 11) is 0. The molecule has 4 nitrogen and oxygen atoms in total. The van der Waals surface area contributed by atoms with Crippen molar-refractivity contribution in [2.45, 2.75) is 38.3 Å². The van der Waals surface area contributed by atoms with E-state index < -0.39 is 0 Å². The Bertz CT molecular complexity index is 1140. The number of aryl methyl sites for hydroxylation is 2. The number of nitrogens with one attached hydrogen (secondary N) is 2. The van der Waals surface area contributed by atoms with Crippen LogP contribution in [-0.2, 0) is 19.4 Å². The maximum Gasteiger partial charge on any atom is 0.259 e. The summed E-state index contributed by atoms with van der Waals surface area (Å²) in [6, 6.07) is 20.8. The predicted octanol–water partition coefficient (Wildman–Crippen LogP) is 4.74. The van der Waals surface area contributed by atoms with Crippen molar-refractivity contribution in [2.75, 3.05) is 0 Å². The molecule has 2 N–H and O–H groups in total. The minimum Gasteiger partial charge on any atom is -0.309 e. The zero-order valence-corrected chi connectivity index (χ0v) is 17.0. The highest BCUT2D eigenvalue weighted by Crippen LogP contribution is 2.33. The third-order valence-corrected chi connectivity index (χ3v) is 6.80. The Morgan fingerprint density at radius 2 is 1.62 bits per heavy atom. The zero-order valence-electron chi connectivity index (χ0n) is 16.2. The van der Waals surface area contributed by atoms with Crippen LogP contribution in [-0.4, -0.2) is 9.97 Å². The Kier molecular flexibility index (Phi) is 5.00. The molecule has 4 aromatic rings. The molecule has 2 aromatic carbocycles. The molecule has 2 aromatic heterocycles. The van der Waals surface area contributed by atoms with Gasteiger partial charge in [0.25, 0.3) is 5.56 Å². The van der Waals surface area contributed by atoms with Crippen LogP contribution in [0.1, 0.15) is 46.3 Å². The summed E-state index contributed by atoms with van der Waals surface area (Å²) in [4.78, 5) is 22.9. The van der Waals surface area contributed by atoms with Crippen molar-refractivity contribution in [3.8, 4) is 0 Å². The first-order chi connectivity index (χ1) is 14.3. The third kappa shape index (κ3) is 3.63. The molecule has 2 heterocycles. The number of benzene rings is 2. The Labute approximate surface area is 173 Å². The normalized spacial score (nSPS) is 13.7. The Balaban J connectivity index is 1.46. The lowest BCUT2D eigenvalue weighted by molar-refractivity contribution is 0.587. The number of hydrogen-bond donors (Lipinski definition) is 2. The molecule has 0 atom stereocenters. The average molecular weight is 402 g/mol. The van der Waals surface area contributed by atoms with E-state index in [0.29, 0.717) is 12.4 Å². The van der Waals surface area contributed by atoms with Gasteiger partial charge in [-0.3, -0.25) is 10.1 Å². The molecule has 1 aliphatic carbocycles. The van der Waals surface area contributed by atoms with Gasteiger partial charge in [0.1, 0.15) is 10.7 Å². The lowest BCUT2D eigenvalue weighted by Crippen LogP contribution is -2.24. The standard InChI is InChI=1S/C24H23N3OS/c28-23-21-18-13-7-8-14-19(18)29-24(21)27-20(26-23)15-25-22(16-9-3-1-4-10-16)17-11-5-2-6-12-17/h1-6,9-12,22,25H,7-8,13-15H2,(H,26,27,28). The lowest BCUT2D eigenvalue weighted by atomic mass is 9.97. The number of thiophene rings is 1. The SMILES string of the molecule is O=c1[nH]c(CNC(c2ccccc2)c2ccccc2)nc2sc3c(c12)CCCC3. The minimum absolute atomic E-state index is 0.00201. The van der Waals surface area contributed by atoms with E-state index in [-0.39, 0.29) is 11.6 Å². The van der Waals surface area contributed by atoms with Gasteiger partial charge in [0, 0.05) is 4.88 Å². The number of fused-ring (bicyclic) bond motifs is 3. The van der Waals surface area contributed by atoms with Crippen LogP contribution in [0.15, 0.2) is 65.5 Å². The number of hydrogen-bond acceptors (Lipinski definition) is 4. The molecular weight excluding hydrogens is 378 g/mol. The van der Waals surface area contributed by atoms with Crippen LogP contribution >= 0.6 is 11.3 Å². The molecule has 0 saturated heterocycles. The largest absolute Gasteiger partial charge is 0.309 e.